The third-order valence-electron chi connectivity index (χ3n) is 3.90. The zero-order chi connectivity index (χ0) is 15.5. The van der Waals surface area contributed by atoms with E-state index in [1.807, 2.05) is 24.3 Å². The Kier molecular flexibility index (Phi) is 4.58. The van der Waals surface area contributed by atoms with E-state index in [-0.39, 0.29) is 17.3 Å². The molecule has 1 atom stereocenters. The third-order valence-corrected chi connectivity index (χ3v) is 3.90. The molecule has 2 rings (SSSR count). The highest BCUT2D eigenvalue weighted by Crippen LogP contribution is 2.38. The van der Waals surface area contributed by atoms with Crippen molar-refractivity contribution in [3.8, 4) is 0 Å². The Balaban J connectivity index is 2.45. The van der Waals surface area contributed by atoms with Crippen LogP contribution in [0.3, 0.4) is 0 Å². The predicted molar refractivity (Wildman–Crippen MR) is 84.5 cm³/mol. The fourth-order valence-electron chi connectivity index (χ4n) is 2.68. The normalized spacial score (nSPS) is 13.1. The van der Waals surface area contributed by atoms with Crippen molar-refractivity contribution in [2.24, 2.45) is 0 Å². The average Bonchev–Trinajstić information content (AvgIpc) is 2.46. The Hall–Kier alpha value is -1.94. The SMILES string of the molecule is CCNC(c1cccnc1N)C(C)(C)c1ccc(F)cc1. The monoisotopic (exact) mass is 287 g/mol. The summed E-state index contributed by atoms with van der Waals surface area (Å²) in [6.07, 6.45) is 1.69. The number of likely N-dealkylation sites (N-methyl/N-ethyl adjacent to an activating group) is 1. The quantitative estimate of drug-likeness (QED) is 0.885. The standard InChI is InChI=1S/C17H22FN3/c1-4-20-15(14-6-5-11-21-16(14)19)17(2,3)12-7-9-13(18)10-8-12/h5-11,15,20H,4H2,1-3H3,(H2,19,21). The van der Waals surface area contributed by atoms with Gasteiger partial charge < -0.3 is 11.1 Å². The molecule has 0 radical (unpaired) electrons. The predicted octanol–water partition coefficient (Wildman–Crippen LogP) is 3.43. The highest BCUT2D eigenvalue weighted by molar-refractivity contribution is 5.44. The molecule has 0 aliphatic carbocycles. The van der Waals surface area contributed by atoms with E-state index in [9.17, 15) is 4.39 Å². The lowest BCUT2D eigenvalue weighted by Gasteiger charge is -2.36. The summed E-state index contributed by atoms with van der Waals surface area (Å²) < 4.78 is 13.2. The lowest BCUT2D eigenvalue weighted by Crippen LogP contribution is -2.38. The Labute approximate surface area is 125 Å². The van der Waals surface area contributed by atoms with Crippen LogP contribution in [-0.4, -0.2) is 11.5 Å². The number of hydrogen-bond acceptors (Lipinski definition) is 3. The number of pyridine rings is 1. The Morgan fingerprint density at radius 2 is 1.90 bits per heavy atom. The van der Waals surface area contributed by atoms with Gasteiger partial charge >= 0.3 is 0 Å². The molecule has 3 N–H and O–H groups in total. The molecular weight excluding hydrogens is 265 g/mol. The van der Waals surface area contributed by atoms with Crippen LogP contribution in [0.25, 0.3) is 0 Å². The van der Waals surface area contributed by atoms with Gasteiger partial charge in [-0.3, -0.25) is 0 Å². The minimum absolute atomic E-state index is 0.00154. The first-order valence-electron chi connectivity index (χ1n) is 7.16. The fraction of sp³-hybridized carbons (Fsp3) is 0.353. The van der Waals surface area contributed by atoms with Gasteiger partial charge in [0.05, 0.1) is 0 Å². The number of nitrogens with two attached hydrogens (primary N) is 1. The molecule has 1 unspecified atom stereocenters. The summed E-state index contributed by atoms with van der Waals surface area (Å²) >= 11 is 0. The van der Waals surface area contributed by atoms with Gasteiger partial charge in [-0.2, -0.15) is 0 Å². The van der Waals surface area contributed by atoms with Gasteiger partial charge in [0.1, 0.15) is 11.6 Å². The van der Waals surface area contributed by atoms with Gasteiger partial charge in [-0.15, -0.1) is 0 Å². The van der Waals surface area contributed by atoms with E-state index in [4.69, 9.17) is 5.73 Å². The van der Waals surface area contributed by atoms with Gasteiger partial charge in [0.25, 0.3) is 0 Å². The van der Waals surface area contributed by atoms with Crippen molar-refractivity contribution in [2.45, 2.75) is 32.2 Å². The van der Waals surface area contributed by atoms with Crippen LogP contribution in [0.5, 0.6) is 0 Å². The topological polar surface area (TPSA) is 50.9 Å². The molecule has 112 valence electrons. The second-order valence-corrected chi connectivity index (χ2v) is 5.70. The fourth-order valence-corrected chi connectivity index (χ4v) is 2.68. The first-order chi connectivity index (χ1) is 9.96. The number of aromatic nitrogens is 1. The van der Waals surface area contributed by atoms with Crippen LogP contribution in [0.2, 0.25) is 0 Å². The van der Waals surface area contributed by atoms with E-state index < -0.39 is 0 Å². The number of hydrogen-bond donors (Lipinski definition) is 2. The van der Waals surface area contributed by atoms with Crippen molar-refractivity contribution in [1.29, 1.82) is 0 Å². The molecule has 0 fully saturated rings. The van der Waals surface area contributed by atoms with Crippen LogP contribution >= 0.6 is 0 Å². The van der Waals surface area contributed by atoms with Crippen LogP contribution in [0.1, 0.15) is 37.9 Å². The minimum Gasteiger partial charge on any atom is -0.383 e. The van der Waals surface area contributed by atoms with Gasteiger partial charge in [-0.1, -0.05) is 39.0 Å². The summed E-state index contributed by atoms with van der Waals surface area (Å²) in [7, 11) is 0. The molecular formula is C17H22FN3. The maximum absolute atomic E-state index is 13.2. The Morgan fingerprint density at radius 3 is 2.48 bits per heavy atom. The first-order valence-corrected chi connectivity index (χ1v) is 7.16. The van der Waals surface area contributed by atoms with Gasteiger partial charge in [0, 0.05) is 23.2 Å². The van der Waals surface area contributed by atoms with E-state index in [0.29, 0.717) is 5.82 Å². The molecule has 21 heavy (non-hydrogen) atoms. The molecule has 0 amide bonds. The molecule has 0 aliphatic heterocycles. The summed E-state index contributed by atoms with van der Waals surface area (Å²) in [5, 5.41) is 3.48. The van der Waals surface area contributed by atoms with E-state index >= 15 is 0 Å². The Morgan fingerprint density at radius 1 is 1.24 bits per heavy atom. The molecule has 1 aromatic heterocycles. The number of benzene rings is 1. The van der Waals surface area contributed by atoms with E-state index in [2.05, 4.69) is 31.1 Å². The van der Waals surface area contributed by atoms with Crippen molar-refractivity contribution in [3.05, 3.63) is 59.5 Å². The van der Waals surface area contributed by atoms with Crippen molar-refractivity contribution >= 4 is 5.82 Å². The lowest BCUT2D eigenvalue weighted by atomic mass is 9.75. The van der Waals surface area contributed by atoms with E-state index in [1.165, 1.54) is 12.1 Å². The smallest absolute Gasteiger partial charge is 0.128 e. The number of halogens is 1. The summed E-state index contributed by atoms with van der Waals surface area (Å²) in [6.45, 7) is 7.12. The average molecular weight is 287 g/mol. The van der Waals surface area contributed by atoms with Crippen LogP contribution < -0.4 is 11.1 Å². The number of nitrogen functional groups attached to an aromatic ring is 1. The summed E-state index contributed by atoms with van der Waals surface area (Å²) in [6, 6.07) is 10.5. The number of nitrogens with one attached hydrogen (secondary N) is 1. The Bertz CT molecular complexity index is 593. The molecule has 0 saturated carbocycles. The van der Waals surface area contributed by atoms with Gasteiger partial charge in [-0.05, 0) is 30.3 Å². The summed E-state index contributed by atoms with van der Waals surface area (Å²) in [5.74, 6) is 0.300. The third kappa shape index (κ3) is 3.22. The van der Waals surface area contributed by atoms with Crippen LogP contribution in [0, 0.1) is 5.82 Å². The van der Waals surface area contributed by atoms with Crippen LogP contribution in [-0.2, 0) is 5.41 Å². The molecule has 0 spiro atoms. The highest BCUT2D eigenvalue weighted by Gasteiger charge is 2.33. The maximum atomic E-state index is 13.2. The first kappa shape index (κ1) is 15.4. The number of rotatable bonds is 5. The maximum Gasteiger partial charge on any atom is 0.128 e. The largest absolute Gasteiger partial charge is 0.383 e. The molecule has 1 aromatic carbocycles. The molecule has 1 heterocycles. The minimum atomic E-state index is -0.249. The number of anilines is 1. The van der Waals surface area contributed by atoms with Crippen LogP contribution in [0.15, 0.2) is 42.6 Å². The van der Waals surface area contributed by atoms with Crippen molar-refractivity contribution in [3.63, 3.8) is 0 Å². The van der Waals surface area contributed by atoms with Crippen molar-refractivity contribution < 1.29 is 4.39 Å². The van der Waals surface area contributed by atoms with Gasteiger partial charge in [0.15, 0.2) is 0 Å². The molecule has 3 nitrogen and oxygen atoms in total. The van der Waals surface area contributed by atoms with Crippen LogP contribution in [0.4, 0.5) is 10.2 Å². The van der Waals surface area contributed by atoms with Gasteiger partial charge in [-0.25, -0.2) is 9.37 Å². The molecule has 0 aliphatic rings. The van der Waals surface area contributed by atoms with Gasteiger partial charge in [0.2, 0.25) is 0 Å². The molecule has 0 saturated heterocycles. The lowest BCUT2D eigenvalue weighted by molar-refractivity contribution is 0.354. The second kappa shape index (κ2) is 6.22. The zero-order valence-corrected chi connectivity index (χ0v) is 12.7. The summed E-state index contributed by atoms with van der Waals surface area (Å²) in [5.41, 5.74) is 7.81. The highest BCUT2D eigenvalue weighted by atomic mass is 19.1. The molecule has 0 bridgehead atoms. The summed E-state index contributed by atoms with van der Waals surface area (Å²) in [4.78, 5) is 4.18. The molecule has 2 aromatic rings. The number of nitrogens with zero attached hydrogens (tertiary/aromatic N) is 1. The van der Waals surface area contributed by atoms with Crippen molar-refractivity contribution in [1.82, 2.24) is 10.3 Å². The second-order valence-electron chi connectivity index (χ2n) is 5.70. The zero-order valence-electron chi connectivity index (χ0n) is 12.7. The van der Waals surface area contributed by atoms with E-state index in [0.717, 1.165) is 17.7 Å². The van der Waals surface area contributed by atoms with Crippen molar-refractivity contribution in [2.75, 3.05) is 12.3 Å². The molecule has 4 heteroatoms. The van der Waals surface area contributed by atoms with E-state index in [1.54, 1.807) is 6.20 Å².